The third kappa shape index (κ3) is 12.7. The van der Waals surface area contributed by atoms with Crippen LogP contribution in [0.2, 0.25) is 0 Å². The lowest BCUT2D eigenvalue weighted by Crippen LogP contribution is -2.53. The van der Waals surface area contributed by atoms with Crippen molar-refractivity contribution in [2.75, 3.05) is 53.4 Å². The van der Waals surface area contributed by atoms with Gasteiger partial charge in [-0.2, -0.15) is 0 Å². The molecule has 0 spiro atoms. The predicted octanol–water partition coefficient (Wildman–Crippen LogP) is 6.15. The van der Waals surface area contributed by atoms with E-state index in [1.165, 1.54) is 38.5 Å². The van der Waals surface area contributed by atoms with Gasteiger partial charge in [-0.15, -0.1) is 0 Å². The molecule has 0 aromatic carbocycles. The second-order valence-corrected chi connectivity index (χ2v) is 17.1. The van der Waals surface area contributed by atoms with Crippen LogP contribution in [-0.2, 0) is 28.8 Å². The van der Waals surface area contributed by atoms with Crippen LogP contribution in [0.4, 0.5) is 0 Å². The van der Waals surface area contributed by atoms with E-state index < -0.39 is 24.2 Å². The van der Waals surface area contributed by atoms with Crippen LogP contribution < -0.4 is 0 Å². The maximum Gasteiger partial charge on any atom is 0.246 e. The minimum Gasteiger partial charge on any atom is -0.344 e. The molecule has 0 radical (unpaired) electrons. The molecule has 56 heavy (non-hydrogen) atoms. The topological polar surface area (TPSA) is 122 Å². The molecule has 0 aliphatic carbocycles. The van der Waals surface area contributed by atoms with Crippen molar-refractivity contribution in [1.29, 1.82) is 0 Å². The second-order valence-electron chi connectivity index (χ2n) is 17.1. The van der Waals surface area contributed by atoms with Crippen molar-refractivity contribution in [1.82, 2.24) is 29.4 Å². The summed E-state index contributed by atoms with van der Waals surface area (Å²) in [5, 5.41) is 0. The van der Waals surface area contributed by atoms with Crippen molar-refractivity contribution in [3.05, 3.63) is 0 Å². The lowest BCUT2D eigenvalue weighted by atomic mass is 10.1. The quantitative estimate of drug-likeness (QED) is 0.115. The largest absolute Gasteiger partial charge is 0.344 e. The number of likely N-dealkylation sites (N-methyl/N-ethyl adjacent to an activating group) is 2. The van der Waals surface area contributed by atoms with Crippen molar-refractivity contribution >= 4 is 35.4 Å². The Hall–Kier alpha value is -3.18. The zero-order valence-corrected chi connectivity index (χ0v) is 35.7. The van der Waals surface area contributed by atoms with E-state index in [1.807, 2.05) is 14.1 Å². The summed E-state index contributed by atoms with van der Waals surface area (Å²) in [6, 6.07) is -1.83. The molecule has 6 amide bonds. The molecule has 4 unspecified atom stereocenters. The minimum absolute atomic E-state index is 0.00140. The van der Waals surface area contributed by atoms with E-state index in [0.29, 0.717) is 90.6 Å². The van der Waals surface area contributed by atoms with Gasteiger partial charge in [-0.1, -0.05) is 78.1 Å². The Morgan fingerprint density at radius 1 is 0.429 bits per heavy atom. The molecule has 4 heterocycles. The van der Waals surface area contributed by atoms with E-state index in [0.717, 1.165) is 64.2 Å². The third-order valence-electron chi connectivity index (χ3n) is 12.8. The summed E-state index contributed by atoms with van der Waals surface area (Å²) in [5.74, 6) is -0.116. The standard InChI is InChI=1S/C44H76N6O6/c1-5-7-9-13-17-29-45(3)41(53)35-23-21-33-49(35)43(55)37-25-19-31-47(37)39(51)27-15-11-12-16-28-40(52)48-32-20-26-38(48)44(56)50-34-22-24-36(50)42(54)46(4)30-18-14-10-8-6-2/h35-38H,5-34H2,1-4H3. The monoisotopic (exact) mass is 785 g/mol. The van der Waals surface area contributed by atoms with Gasteiger partial charge in [0.05, 0.1) is 0 Å². The van der Waals surface area contributed by atoms with Crippen molar-refractivity contribution < 1.29 is 28.8 Å². The van der Waals surface area contributed by atoms with Crippen LogP contribution in [0.15, 0.2) is 0 Å². The number of carbonyl (C=O) groups excluding carboxylic acids is 6. The first kappa shape index (κ1) is 45.5. The number of rotatable bonds is 23. The SMILES string of the molecule is CCCCCCCN(C)C(=O)C1CCCN1C(=O)C1CCCN1C(=O)CCCCCCC(=O)N1CCCC1C(=O)N1CCCC1C(=O)N(C)CCCCCCC. The average molecular weight is 785 g/mol. The average Bonchev–Trinajstić information content (AvgIpc) is 4.04. The molecule has 4 aliphatic rings. The number of hydrogen-bond acceptors (Lipinski definition) is 6. The Morgan fingerprint density at radius 3 is 1.12 bits per heavy atom. The van der Waals surface area contributed by atoms with Crippen molar-refractivity contribution in [2.24, 2.45) is 0 Å². The Bertz CT molecular complexity index is 1200. The highest BCUT2D eigenvalue weighted by atomic mass is 16.2. The number of amides is 6. The van der Waals surface area contributed by atoms with Gasteiger partial charge < -0.3 is 29.4 Å². The first-order valence-corrected chi connectivity index (χ1v) is 22.8. The maximum atomic E-state index is 13.8. The van der Waals surface area contributed by atoms with E-state index in [2.05, 4.69) is 13.8 Å². The highest BCUT2D eigenvalue weighted by molar-refractivity contribution is 5.94. The Labute approximate surface area is 338 Å². The smallest absolute Gasteiger partial charge is 0.246 e. The van der Waals surface area contributed by atoms with Gasteiger partial charge in [0.1, 0.15) is 24.2 Å². The molecule has 318 valence electrons. The van der Waals surface area contributed by atoms with E-state index in [4.69, 9.17) is 0 Å². The summed E-state index contributed by atoms with van der Waals surface area (Å²) in [4.78, 5) is 91.6. The fourth-order valence-corrected chi connectivity index (χ4v) is 9.43. The minimum atomic E-state index is -0.487. The Kier molecular flexibility index (Phi) is 19.4. The molecule has 0 N–H and O–H groups in total. The summed E-state index contributed by atoms with van der Waals surface area (Å²) >= 11 is 0. The molecule has 4 fully saturated rings. The first-order valence-electron chi connectivity index (χ1n) is 22.8. The fraction of sp³-hybridized carbons (Fsp3) is 0.864. The molecule has 12 nitrogen and oxygen atoms in total. The third-order valence-corrected chi connectivity index (χ3v) is 12.8. The zero-order chi connectivity index (χ0) is 40.5. The summed E-state index contributed by atoms with van der Waals surface area (Å²) < 4.78 is 0. The van der Waals surface area contributed by atoms with Crippen LogP contribution >= 0.6 is 0 Å². The van der Waals surface area contributed by atoms with Gasteiger partial charge in [0.15, 0.2) is 0 Å². The van der Waals surface area contributed by atoms with E-state index in [-0.39, 0.29) is 35.4 Å². The first-order chi connectivity index (χ1) is 27.1. The number of carbonyl (C=O) groups is 6. The molecule has 4 rings (SSSR count). The van der Waals surface area contributed by atoms with Crippen molar-refractivity contribution in [2.45, 2.75) is 192 Å². The summed E-state index contributed by atoms with van der Waals surface area (Å²) in [6.45, 7) is 8.09. The van der Waals surface area contributed by atoms with Gasteiger partial charge in [-0.05, 0) is 77.0 Å². The van der Waals surface area contributed by atoms with Crippen LogP contribution in [0.1, 0.15) is 168 Å². The number of hydrogen-bond donors (Lipinski definition) is 0. The number of unbranched alkanes of at least 4 members (excludes halogenated alkanes) is 11. The molecule has 0 aromatic rings. The lowest BCUT2D eigenvalue weighted by Gasteiger charge is -2.32. The van der Waals surface area contributed by atoms with E-state index >= 15 is 0 Å². The second kappa shape index (κ2) is 23.9. The lowest BCUT2D eigenvalue weighted by molar-refractivity contribution is -0.148. The Morgan fingerprint density at radius 2 is 0.750 bits per heavy atom. The summed E-state index contributed by atoms with van der Waals surface area (Å²) in [5.41, 5.74) is 0. The Balaban J connectivity index is 1.15. The molecular weight excluding hydrogens is 709 g/mol. The molecule has 0 saturated carbocycles. The van der Waals surface area contributed by atoms with E-state index in [1.54, 1.807) is 29.4 Å². The molecule has 4 saturated heterocycles. The molecule has 4 aliphatic heterocycles. The van der Waals surface area contributed by atoms with Gasteiger partial charge in [-0.3, -0.25) is 28.8 Å². The number of nitrogens with zero attached hydrogens (tertiary/aromatic N) is 6. The van der Waals surface area contributed by atoms with Crippen molar-refractivity contribution in [3.63, 3.8) is 0 Å². The van der Waals surface area contributed by atoms with Crippen molar-refractivity contribution in [3.8, 4) is 0 Å². The summed E-state index contributed by atoms with van der Waals surface area (Å²) in [7, 11) is 3.69. The van der Waals surface area contributed by atoms with Gasteiger partial charge in [0.2, 0.25) is 35.4 Å². The van der Waals surface area contributed by atoms with Crippen LogP contribution in [-0.4, -0.2) is 142 Å². The molecule has 0 aromatic heterocycles. The maximum absolute atomic E-state index is 13.8. The highest BCUT2D eigenvalue weighted by Gasteiger charge is 2.44. The van der Waals surface area contributed by atoms with Gasteiger partial charge >= 0.3 is 0 Å². The van der Waals surface area contributed by atoms with Crippen LogP contribution in [0.5, 0.6) is 0 Å². The van der Waals surface area contributed by atoms with Gasteiger partial charge in [0.25, 0.3) is 0 Å². The zero-order valence-electron chi connectivity index (χ0n) is 35.7. The van der Waals surface area contributed by atoms with E-state index in [9.17, 15) is 28.8 Å². The van der Waals surface area contributed by atoms with Crippen LogP contribution in [0, 0.1) is 0 Å². The fourth-order valence-electron chi connectivity index (χ4n) is 9.43. The summed E-state index contributed by atoms with van der Waals surface area (Å²) in [6.07, 6.45) is 20.9. The normalized spacial score (nSPS) is 22.3. The molecule has 12 heteroatoms. The molecular formula is C44H76N6O6. The highest BCUT2D eigenvalue weighted by Crippen LogP contribution is 2.29. The molecule has 0 bridgehead atoms. The number of likely N-dealkylation sites (tertiary alicyclic amines) is 4. The van der Waals surface area contributed by atoms with Gasteiger partial charge in [-0.25, -0.2) is 0 Å². The van der Waals surface area contributed by atoms with Crippen LogP contribution in [0.25, 0.3) is 0 Å². The van der Waals surface area contributed by atoms with Gasteiger partial charge in [0, 0.05) is 66.2 Å². The molecule has 4 atom stereocenters. The predicted molar refractivity (Wildman–Crippen MR) is 219 cm³/mol. The van der Waals surface area contributed by atoms with Crippen LogP contribution in [0.3, 0.4) is 0 Å².